The number of ether oxygens (including phenoxy) is 2. The van der Waals surface area contributed by atoms with E-state index in [0.29, 0.717) is 12.2 Å². The average Bonchev–Trinajstić information content (AvgIpc) is 2.82. The van der Waals surface area contributed by atoms with Crippen LogP contribution in [0, 0.1) is 0 Å². The number of aryl methyl sites for hydroxylation is 1. The van der Waals surface area contributed by atoms with Crippen molar-refractivity contribution >= 4 is 28.8 Å². The summed E-state index contributed by atoms with van der Waals surface area (Å²) in [7, 11) is 3.22. The largest absolute Gasteiger partial charge is 0.497 e. The Balaban J connectivity index is 1.99. The van der Waals surface area contributed by atoms with E-state index < -0.39 is 5.97 Å². The van der Waals surface area contributed by atoms with Crippen molar-refractivity contribution in [2.75, 3.05) is 14.2 Å². The highest BCUT2D eigenvalue weighted by molar-refractivity contribution is 8.01. The summed E-state index contributed by atoms with van der Waals surface area (Å²) >= 11 is 1.42. The molecule has 2 aromatic rings. The molecular weight excluding hydrogens is 352 g/mol. The number of hydrogen-bond acceptors (Lipinski definition) is 5. The third kappa shape index (κ3) is 4.02. The smallest absolute Gasteiger partial charge is 0.303 e. The lowest BCUT2D eigenvalue weighted by atomic mass is 10.1. The number of aliphatic carboxylic acids is 1. The maximum atomic E-state index is 10.9. The quantitative estimate of drug-likeness (QED) is 0.749. The van der Waals surface area contributed by atoms with E-state index in [4.69, 9.17) is 14.6 Å². The molecule has 1 aliphatic rings. The van der Waals surface area contributed by atoms with Crippen LogP contribution >= 0.6 is 11.9 Å². The van der Waals surface area contributed by atoms with Crippen LogP contribution in [0.25, 0.3) is 10.9 Å². The normalized spacial score (nSPS) is 13.3. The molecule has 1 aliphatic carbocycles. The molecule has 1 aromatic heterocycles. The minimum Gasteiger partial charge on any atom is -0.497 e. The lowest BCUT2D eigenvalue weighted by Crippen LogP contribution is -1.99. The van der Waals surface area contributed by atoms with Gasteiger partial charge in [0, 0.05) is 40.8 Å². The van der Waals surface area contributed by atoms with Crippen molar-refractivity contribution in [3.8, 4) is 5.75 Å². The molecule has 134 valence electrons. The highest BCUT2D eigenvalue weighted by atomic mass is 32.2. The Morgan fingerprint density at radius 3 is 2.85 bits per heavy atom. The first-order chi connectivity index (χ1) is 12.6. The summed E-state index contributed by atoms with van der Waals surface area (Å²) in [5.74, 6) is 0.590. The number of fused-ring (bicyclic) bond motifs is 1. The topological polar surface area (TPSA) is 73.6 Å². The summed E-state index contributed by atoms with van der Waals surface area (Å²) in [6, 6.07) is 5.66. The van der Waals surface area contributed by atoms with Crippen LogP contribution in [0.5, 0.6) is 5.75 Å². The monoisotopic (exact) mass is 370 g/mol. The van der Waals surface area contributed by atoms with E-state index in [9.17, 15) is 4.79 Å². The van der Waals surface area contributed by atoms with Crippen molar-refractivity contribution in [1.82, 2.24) is 9.19 Å². The minimum absolute atomic E-state index is 0.0358. The highest BCUT2D eigenvalue weighted by Gasteiger charge is 2.14. The number of rotatable bonds is 7. The summed E-state index contributed by atoms with van der Waals surface area (Å²) in [6.45, 7) is 0. The van der Waals surface area contributed by atoms with Gasteiger partial charge in [0.2, 0.25) is 0 Å². The van der Waals surface area contributed by atoms with Crippen LogP contribution in [-0.4, -0.2) is 34.5 Å². The molecule has 0 spiro atoms. The molecule has 0 atom stereocenters. The molecule has 6 nitrogen and oxygen atoms in total. The Labute approximate surface area is 155 Å². The summed E-state index contributed by atoms with van der Waals surface area (Å²) in [6.07, 6.45) is 7.79. The van der Waals surface area contributed by atoms with E-state index in [-0.39, 0.29) is 6.42 Å². The number of methoxy groups -OCH3 is 2. The zero-order chi connectivity index (χ0) is 18.5. The first kappa shape index (κ1) is 17.9. The third-order valence-corrected chi connectivity index (χ3v) is 4.72. The standard InChI is InChI=1S/C19H18N2O4S/c1-24-13-4-3-5-15(8-6-13)26-21-18-12-14(25-2)7-9-16(18)17(20-21)10-11-19(22)23/h4-9,12H,10-11H2,1-2H3,(H,22,23). The van der Waals surface area contributed by atoms with Gasteiger partial charge < -0.3 is 14.6 Å². The maximum absolute atomic E-state index is 10.9. The molecule has 0 bridgehead atoms. The molecule has 1 N–H and O–H groups in total. The summed E-state index contributed by atoms with van der Waals surface area (Å²) in [4.78, 5) is 11.8. The SMILES string of the molecule is COC1=CC=C(Sn2nc(CCC(=O)O)c3ccc(OC)cc32)C=C=C1. The molecule has 1 aromatic carbocycles. The van der Waals surface area contributed by atoms with Crippen LogP contribution in [0.3, 0.4) is 0 Å². The predicted molar refractivity (Wildman–Crippen MR) is 101 cm³/mol. The van der Waals surface area contributed by atoms with Gasteiger partial charge in [-0.25, -0.2) is 4.09 Å². The molecule has 0 unspecified atom stereocenters. The molecule has 1 heterocycles. The summed E-state index contributed by atoms with van der Waals surface area (Å²) in [5.41, 5.74) is 4.68. The van der Waals surface area contributed by atoms with Gasteiger partial charge in [0.05, 0.1) is 31.9 Å². The van der Waals surface area contributed by atoms with Crippen LogP contribution in [0.15, 0.2) is 58.9 Å². The molecule has 0 aliphatic heterocycles. The number of benzene rings is 1. The van der Waals surface area contributed by atoms with Crippen LogP contribution in [0.4, 0.5) is 0 Å². The number of allylic oxidation sites excluding steroid dienone is 4. The van der Waals surface area contributed by atoms with Gasteiger partial charge in [0.25, 0.3) is 0 Å². The zero-order valence-electron chi connectivity index (χ0n) is 14.4. The first-order valence-electron chi connectivity index (χ1n) is 7.95. The zero-order valence-corrected chi connectivity index (χ0v) is 15.2. The fourth-order valence-corrected chi connectivity index (χ4v) is 3.33. The molecule has 0 fully saturated rings. The van der Waals surface area contributed by atoms with E-state index in [1.54, 1.807) is 24.4 Å². The van der Waals surface area contributed by atoms with Crippen molar-refractivity contribution in [2.24, 2.45) is 0 Å². The van der Waals surface area contributed by atoms with Gasteiger partial charge in [-0.2, -0.15) is 5.10 Å². The van der Waals surface area contributed by atoms with Crippen LogP contribution in [-0.2, 0) is 16.0 Å². The number of hydrogen-bond donors (Lipinski definition) is 1. The van der Waals surface area contributed by atoms with E-state index in [1.165, 1.54) is 11.9 Å². The van der Waals surface area contributed by atoms with Crippen LogP contribution in [0.2, 0.25) is 0 Å². The number of carbonyl (C=O) groups is 1. The second kappa shape index (κ2) is 7.99. The summed E-state index contributed by atoms with van der Waals surface area (Å²) < 4.78 is 12.3. The Morgan fingerprint density at radius 1 is 1.27 bits per heavy atom. The lowest BCUT2D eigenvalue weighted by Gasteiger charge is -2.04. The van der Waals surface area contributed by atoms with Crippen molar-refractivity contribution in [3.05, 3.63) is 64.6 Å². The van der Waals surface area contributed by atoms with Crippen molar-refractivity contribution < 1.29 is 19.4 Å². The Bertz CT molecular complexity index is 965. The fourth-order valence-electron chi connectivity index (χ4n) is 2.49. The first-order valence-corrected chi connectivity index (χ1v) is 8.72. The second-order valence-electron chi connectivity index (χ2n) is 5.49. The van der Waals surface area contributed by atoms with E-state index in [0.717, 1.165) is 27.3 Å². The number of carboxylic acids is 1. The lowest BCUT2D eigenvalue weighted by molar-refractivity contribution is -0.136. The van der Waals surface area contributed by atoms with E-state index in [1.807, 2.05) is 36.4 Å². The fraction of sp³-hybridized carbons (Fsp3) is 0.211. The molecule has 0 saturated heterocycles. The Hall–Kier alpha value is -2.89. The molecule has 0 saturated carbocycles. The number of aromatic nitrogens is 2. The van der Waals surface area contributed by atoms with Crippen LogP contribution < -0.4 is 4.74 Å². The second-order valence-corrected chi connectivity index (χ2v) is 6.49. The van der Waals surface area contributed by atoms with Gasteiger partial charge in [0.15, 0.2) is 0 Å². The Kier molecular flexibility index (Phi) is 5.51. The van der Waals surface area contributed by atoms with Gasteiger partial charge >= 0.3 is 5.97 Å². The van der Waals surface area contributed by atoms with Gasteiger partial charge in [-0.05, 0) is 30.4 Å². The van der Waals surface area contributed by atoms with Gasteiger partial charge in [-0.15, -0.1) is 5.73 Å². The van der Waals surface area contributed by atoms with Crippen molar-refractivity contribution in [1.29, 1.82) is 0 Å². The molecule has 7 heteroatoms. The van der Waals surface area contributed by atoms with Gasteiger partial charge in [0.1, 0.15) is 11.5 Å². The molecule has 26 heavy (non-hydrogen) atoms. The Morgan fingerprint density at radius 2 is 2.12 bits per heavy atom. The number of nitrogens with zero attached hydrogens (tertiary/aromatic N) is 2. The van der Waals surface area contributed by atoms with E-state index >= 15 is 0 Å². The molecule has 3 rings (SSSR count). The predicted octanol–water partition coefficient (Wildman–Crippen LogP) is 3.70. The minimum atomic E-state index is -0.842. The average molecular weight is 370 g/mol. The molecular formula is C19H18N2O4S. The molecule has 0 radical (unpaired) electrons. The van der Waals surface area contributed by atoms with Crippen molar-refractivity contribution in [2.45, 2.75) is 12.8 Å². The molecule has 0 amide bonds. The maximum Gasteiger partial charge on any atom is 0.303 e. The van der Waals surface area contributed by atoms with E-state index in [2.05, 4.69) is 10.8 Å². The highest BCUT2D eigenvalue weighted by Crippen LogP contribution is 2.30. The van der Waals surface area contributed by atoms with Gasteiger partial charge in [-0.3, -0.25) is 4.79 Å². The van der Waals surface area contributed by atoms with Crippen molar-refractivity contribution in [3.63, 3.8) is 0 Å². The summed E-state index contributed by atoms with van der Waals surface area (Å²) in [5, 5.41) is 14.5. The van der Waals surface area contributed by atoms with Gasteiger partial charge in [-0.1, -0.05) is 0 Å². The third-order valence-electron chi connectivity index (χ3n) is 3.80. The number of carboxylic acid groups (broad SMARTS) is 1. The van der Waals surface area contributed by atoms with Crippen LogP contribution in [0.1, 0.15) is 12.1 Å².